The molecule has 0 saturated heterocycles. The predicted molar refractivity (Wildman–Crippen MR) is 74.1 cm³/mol. The molecule has 0 saturated carbocycles. The Morgan fingerprint density at radius 2 is 1.56 bits per heavy atom. The van der Waals surface area contributed by atoms with Crippen LogP contribution in [0.4, 0.5) is 0 Å². The normalized spacial score (nSPS) is 11.1. The average molecular weight is 258 g/mol. The summed E-state index contributed by atoms with van der Waals surface area (Å²) in [4.78, 5) is 0.358. The van der Waals surface area contributed by atoms with E-state index in [1.807, 2.05) is 42.5 Å². The van der Waals surface area contributed by atoms with E-state index in [-0.39, 0.29) is 5.75 Å². The second-order valence-electron chi connectivity index (χ2n) is 3.93. The molecule has 0 aliphatic heterocycles. The summed E-state index contributed by atoms with van der Waals surface area (Å²) in [6.07, 6.45) is 1.41. The second-order valence-corrected chi connectivity index (χ2v) is 5.93. The van der Waals surface area contributed by atoms with Crippen LogP contribution in [-0.4, -0.2) is 14.2 Å². The van der Waals surface area contributed by atoms with Crippen molar-refractivity contribution in [3.8, 4) is 11.1 Å². The molecule has 3 heteroatoms. The van der Waals surface area contributed by atoms with E-state index < -0.39 is 9.84 Å². The number of benzene rings is 2. The molecule has 0 aliphatic carbocycles. The maximum absolute atomic E-state index is 12.2. The van der Waals surface area contributed by atoms with Crippen LogP contribution in [-0.2, 0) is 9.84 Å². The van der Waals surface area contributed by atoms with E-state index >= 15 is 0 Å². The molecule has 0 bridgehead atoms. The van der Waals surface area contributed by atoms with Gasteiger partial charge >= 0.3 is 0 Å². The minimum absolute atomic E-state index is 0.0448. The molecule has 18 heavy (non-hydrogen) atoms. The van der Waals surface area contributed by atoms with E-state index in [4.69, 9.17) is 0 Å². The van der Waals surface area contributed by atoms with Crippen molar-refractivity contribution >= 4 is 9.84 Å². The van der Waals surface area contributed by atoms with E-state index in [0.717, 1.165) is 11.1 Å². The van der Waals surface area contributed by atoms with Gasteiger partial charge in [0.05, 0.1) is 10.6 Å². The maximum atomic E-state index is 12.2. The van der Waals surface area contributed by atoms with Crippen molar-refractivity contribution in [1.29, 1.82) is 0 Å². The molecule has 0 heterocycles. The first kappa shape index (κ1) is 12.6. The molecule has 0 radical (unpaired) electrons. The van der Waals surface area contributed by atoms with Gasteiger partial charge in [-0.2, -0.15) is 0 Å². The zero-order chi connectivity index (χ0) is 13.0. The summed E-state index contributed by atoms with van der Waals surface area (Å²) in [5.41, 5.74) is 1.64. The third kappa shape index (κ3) is 2.51. The smallest absolute Gasteiger partial charge is 0.182 e. The summed E-state index contributed by atoms with van der Waals surface area (Å²) >= 11 is 0. The van der Waals surface area contributed by atoms with E-state index in [2.05, 4.69) is 6.58 Å². The van der Waals surface area contributed by atoms with Crippen LogP contribution in [0.1, 0.15) is 0 Å². The lowest BCUT2D eigenvalue weighted by Gasteiger charge is -2.09. The summed E-state index contributed by atoms with van der Waals surface area (Å²) in [5.74, 6) is -0.0448. The van der Waals surface area contributed by atoms with E-state index in [1.165, 1.54) is 6.08 Å². The van der Waals surface area contributed by atoms with Crippen LogP contribution in [0.25, 0.3) is 11.1 Å². The van der Waals surface area contributed by atoms with Crippen molar-refractivity contribution in [3.05, 3.63) is 67.3 Å². The van der Waals surface area contributed by atoms with Crippen LogP contribution in [0.5, 0.6) is 0 Å². The van der Waals surface area contributed by atoms with Crippen LogP contribution >= 0.6 is 0 Å². The zero-order valence-electron chi connectivity index (χ0n) is 9.91. The van der Waals surface area contributed by atoms with Crippen molar-refractivity contribution < 1.29 is 8.42 Å². The summed E-state index contributed by atoms with van der Waals surface area (Å²) in [6, 6.07) is 16.6. The topological polar surface area (TPSA) is 34.1 Å². The van der Waals surface area contributed by atoms with Crippen LogP contribution < -0.4 is 0 Å². The van der Waals surface area contributed by atoms with Gasteiger partial charge in [0.15, 0.2) is 9.84 Å². The highest BCUT2D eigenvalue weighted by atomic mass is 32.2. The van der Waals surface area contributed by atoms with Gasteiger partial charge < -0.3 is 0 Å². The summed E-state index contributed by atoms with van der Waals surface area (Å²) in [6.45, 7) is 3.49. The van der Waals surface area contributed by atoms with Gasteiger partial charge in [0.25, 0.3) is 0 Å². The van der Waals surface area contributed by atoms with E-state index in [9.17, 15) is 8.42 Å². The van der Waals surface area contributed by atoms with Gasteiger partial charge in [-0.3, -0.25) is 0 Å². The Kier molecular flexibility index (Phi) is 3.63. The quantitative estimate of drug-likeness (QED) is 0.788. The van der Waals surface area contributed by atoms with Gasteiger partial charge in [0.1, 0.15) is 0 Å². The highest BCUT2D eigenvalue weighted by Crippen LogP contribution is 2.27. The lowest BCUT2D eigenvalue weighted by molar-refractivity contribution is 0.599. The Labute approximate surface area is 108 Å². The molecular weight excluding hydrogens is 244 g/mol. The fourth-order valence-electron chi connectivity index (χ4n) is 1.84. The molecule has 92 valence electrons. The molecule has 0 amide bonds. The third-order valence-electron chi connectivity index (χ3n) is 2.64. The SMILES string of the molecule is C=CCS(=O)(=O)c1ccccc1-c1ccccc1. The molecule has 0 aromatic heterocycles. The standard InChI is InChI=1S/C15H14O2S/c1-2-12-18(16,17)15-11-7-6-10-14(15)13-8-4-3-5-9-13/h2-11H,1,12H2. The fourth-order valence-corrected chi connectivity index (χ4v) is 3.14. The Balaban J connectivity index is 2.61. The second kappa shape index (κ2) is 5.19. The van der Waals surface area contributed by atoms with Gasteiger partial charge in [-0.25, -0.2) is 8.42 Å². The largest absolute Gasteiger partial charge is 0.223 e. The van der Waals surface area contributed by atoms with Crippen molar-refractivity contribution in [2.75, 3.05) is 5.75 Å². The van der Waals surface area contributed by atoms with E-state index in [0.29, 0.717) is 4.90 Å². The van der Waals surface area contributed by atoms with Gasteiger partial charge in [-0.05, 0) is 11.6 Å². The molecular formula is C15H14O2S. The van der Waals surface area contributed by atoms with Gasteiger partial charge in [-0.15, -0.1) is 6.58 Å². The van der Waals surface area contributed by atoms with Crippen LogP contribution in [0.3, 0.4) is 0 Å². The Bertz CT molecular complexity index is 643. The molecule has 2 nitrogen and oxygen atoms in total. The fraction of sp³-hybridized carbons (Fsp3) is 0.0667. The van der Waals surface area contributed by atoms with Crippen LogP contribution in [0.2, 0.25) is 0 Å². The third-order valence-corrected chi connectivity index (χ3v) is 4.34. The Morgan fingerprint density at radius 1 is 0.944 bits per heavy atom. The Hall–Kier alpha value is -1.87. The molecule has 2 rings (SSSR count). The highest BCUT2D eigenvalue weighted by Gasteiger charge is 2.17. The molecule has 0 spiro atoms. The molecule has 0 N–H and O–H groups in total. The number of sulfone groups is 1. The van der Waals surface area contributed by atoms with Crippen molar-refractivity contribution in [3.63, 3.8) is 0 Å². The van der Waals surface area contributed by atoms with Crippen LogP contribution in [0, 0.1) is 0 Å². The minimum atomic E-state index is -3.31. The first-order valence-electron chi connectivity index (χ1n) is 5.63. The van der Waals surface area contributed by atoms with Crippen molar-refractivity contribution in [1.82, 2.24) is 0 Å². The van der Waals surface area contributed by atoms with Crippen molar-refractivity contribution in [2.24, 2.45) is 0 Å². The molecule has 0 unspecified atom stereocenters. The number of hydrogen-bond donors (Lipinski definition) is 0. The highest BCUT2D eigenvalue weighted by molar-refractivity contribution is 7.91. The molecule has 2 aromatic carbocycles. The van der Waals surface area contributed by atoms with Crippen molar-refractivity contribution in [2.45, 2.75) is 4.90 Å². The lowest BCUT2D eigenvalue weighted by atomic mass is 10.1. The molecule has 0 aliphatic rings. The summed E-state index contributed by atoms with van der Waals surface area (Å²) in [5, 5.41) is 0. The lowest BCUT2D eigenvalue weighted by Crippen LogP contribution is -2.06. The van der Waals surface area contributed by atoms with Crippen LogP contribution in [0.15, 0.2) is 72.1 Å². The predicted octanol–water partition coefficient (Wildman–Crippen LogP) is 3.31. The Morgan fingerprint density at radius 3 is 2.22 bits per heavy atom. The maximum Gasteiger partial charge on any atom is 0.182 e. The average Bonchev–Trinajstić information content (AvgIpc) is 2.40. The monoisotopic (exact) mass is 258 g/mol. The summed E-state index contributed by atoms with van der Waals surface area (Å²) in [7, 11) is -3.31. The zero-order valence-corrected chi connectivity index (χ0v) is 10.7. The number of rotatable bonds is 4. The molecule has 2 aromatic rings. The summed E-state index contributed by atoms with van der Waals surface area (Å²) < 4.78 is 24.3. The van der Waals surface area contributed by atoms with E-state index in [1.54, 1.807) is 12.1 Å². The molecule has 0 atom stereocenters. The first-order valence-corrected chi connectivity index (χ1v) is 7.28. The first-order chi connectivity index (χ1) is 8.65. The van der Waals surface area contributed by atoms with Gasteiger partial charge in [0.2, 0.25) is 0 Å². The number of hydrogen-bond acceptors (Lipinski definition) is 2. The van der Waals surface area contributed by atoms with Gasteiger partial charge in [0, 0.05) is 5.56 Å². The minimum Gasteiger partial charge on any atom is -0.223 e. The van der Waals surface area contributed by atoms with Gasteiger partial charge in [-0.1, -0.05) is 54.6 Å². The molecule has 0 fully saturated rings.